The molecule has 254 valence electrons. The average molecular weight is 651 g/mol. The molecule has 2 rings (SSSR count). The van der Waals surface area contributed by atoms with E-state index in [0.717, 1.165) is 48.5 Å². The van der Waals surface area contributed by atoms with Gasteiger partial charge < -0.3 is 52.1 Å². The van der Waals surface area contributed by atoms with Gasteiger partial charge in [0.25, 0.3) is 0 Å². The Morgan fingerprint density at radius 3 is 1.16 bits per heavy atom. The van der Waals surface area contributed by atoms with Crippen molar-refractivity contribution in [3.8, 4) is 0 Å². The lowest BCUT2D eigenvalue weighted by molar-refractivity contribution is -0.360. The van der Waals surface area contributed by atoms with E-state index in [1.165, 1.54) is 7.11 Å². The van der Waals surface area contributed by atoms with Crippen LogP contribution in [0.4, 0.5) is 0 Å². The number of rotatable bonds is 12. The summed E-state index contributed by atoms with van der Waals surface area (Å²) in [7, 11) is 1.21. The van der Waals surface area contributed by atoms with Crippen LogP contribution in [0.3, 0.4) is 0 Å². The lowest BCUT2D eigenvalue weighted by atomic mass is 9.96. The molecule has 0 aliphatic carbocycles. The van der Waals surface area contributed by atoms with E-state index in [1.807, 2.05) is 0 Å². The van der Waals surface area contributed by atoms with Crippen LogP contribution in [0.1, 0.15) is 48.5 Å². The first-order valence-corrected chi connectivity index (χ1v) is 13.7. The van der Waals surface area contributed by atoms with E-state index in [4.69, 9.17) is 52.1 Å². The largest absolute Gasteiger partial charge is 0.463 e. The van der Waals surface area contributed by atoms with Crippen molar-refractivity contribution in [2.45, 2.75) is 110 Å². The number of hydrogen-bond acceptors (Lipinski definition) is 18. The normalized spacial score (nSPS) is 31.0. The third-order valence-electron chi connectivity index (χ3n) is 6.12. The first kappa shape index (κ1) is 37.3. The Bertz CT molecular complexity index is 1110. The summed E-state index contributed by atoms with van der Waals surface area (Å²) in [6, 6.07) is 0. The lowest BCUT2D eigenvalue weighted by Crippen LogP contribution is -2.67. The maximum atomic E-state index is 12.2. The molecule has 2 aliphatic heterocycles. The van der Waals surface area contributed by atoms with Gasteiger partial charge in [0, 0.05) is 55.6 Å². The summed E-state index contributed by atoms with van der Waals surface area (Å²) in [6.45, 7) is 6.47. The molecule has 2 saturated heterocycles. The molecule has 2 aliphatic rings. The molecule has 0 amide bonds. The molecule has 0 aromatic heterocycles. The smallest absolute Gasteiger partial charge is 0.303 e. The quantitative estimate of drug-likeness (QED) is 0.187. The Morgan fingerprint density at radius 2 is 0.778 bits per heavy atom. The lowest BCUT2D eigenvalue weighted by Gasteiger charge is -2.48. The zero-order valence-corrected chi connectivity index (χ0v) is 26.0. The molecule has 0 spiro atoms. The molecule has 18 heteroatoms. The standard InChI is InChI=1S/C27H38O18/c1-11(28)36-9-18-21(39-14(4)31)23(24(41-16(6)33)26(35-8)43-18)45-27-25(42-17(7)34)22(40-15(5)32)20(38-13(3)30)19(44-27)10-37-12(2)29/h18-27H,9-10H2,1-8H3/t18-,19-,20-,21-,22+,23+,24-,25-,26+,27-/m1/s1. The molecule has 18 nitrogen and oxygen atoms in total. The molecule has 0 aromatic rings. The second-order valence-electron chi connectivity index (χ2n) is 9.90. The van der Waals surface area contributed by atoms with Crippen LogP contribution < -0.4 is 0 Å². The number of hydrogen-bond donors (Lipinski definition) is 0. The van der Waals surface area contributed by atoms with Crippen LogP contribution in [0.2, 0.25) is 0 Å². The second kappa shape index (κ2) is 17.0. The van der Waals surface area contributed by atoms with Crippen LogP contribution in [0, 0.1) is 0 Å². The average Bonchev–Trinajstić information content (AvgIpc) is 2.90. The second-order valence-corrected chi connectivity index (χ2v) is 9.90. The van der Waals surface area contributed by atoms with Crippen LogP contribution >= 0.6 is 0 Å². The summed E-state index contributed by atoms with van der Waals surface area (Å²) >= 11 is 0. The van der Waals surface area contributed by atoms with Crippen molar-refractivity contribution in [1.82, 2.24) is 0 Å². The van der Waals surface area contributed by atoms with E-state index >= 15 is 0 Å². The number of carbonyl (C=O) groups is 7. The fraction of sp³-hybridized carbons (Fsp3) is 0.741. The topological polar surface area (TPSA) is 221 Å². The van der Waals surface area contributed by atoms with Crippen molar-refractivity contribution >= 4 is 41.8 Å². The molecular weight excluding hydrogens is 612 g/mol. The van der Waals surface area contributed by atoms with Gasteiger partial charge >= 0.3 is 41.8 Å². The summed E-state index contributed by atoms with van der Waals surface area (Å²) in [5, 5.41) is 0. The Morgan fingerprint density at radius 1 is 0.444 bits per heavy atom. The minimum Gasteiger partial charge on any atom is -0.463 e. The molecule has 0 bridgehead atoms. The highest BCUT2D eigenvalue weighted by atomic mass is 16.8. The molecule has 2 fully saturated rings. The van der Waals surface area contributed by atoms with Gasteiger partial charge in [0.05, 0.1) is 0 Å². The SMILES string of the molecule is CO[C@H]1O[C@H](COC(C)=O)[C@@H](OC(C)=O)[C@H](O[C@H]2O[C@H](COC(C)=O)[C@@H](OC(C)=O)[C@H](OC(C)=O)[C@H]2OC(C)=O)[C@H]1OC(C)=O. The molecule has 0 unspecified atom stereocenters. The van der Waals surface area contributed by atoms with Crippen LogP contribution in [0.15, 0.2) is 0 Å². The van der Waals surface area contributed by atoms with Gasteiger partial charge in [0.15, 0.2) is 43.1 Å². The molecule has 10 atom stereocenters. The fourth-order valence-electron chi connectivity index (χ4n) is 4.66. The van der Waals surface area contributed by atoms with Crippen LogP contribution in [-0.4, -0.2) is 124 Å². The predicted octanol–water partition coefficient (Wildman–Crippen LogP) is -0.747. The number of esters is 7. The van der Waals surface area contributed by atoms with Gasteiger partial charge in [-0.05, 0) is 0 Å². The third-order valence-corrected chi connectivity index (χ3v) is 6.12. The highest BCUT2D eigenvalue weighted by Crippen LogP contribution is 2.35. The van der Waals surface area contributed by atoms with Crippen LogP contribution in [-0.2, 0) is 85.7 Å². The first-order chi connectivity index (χ1) is 21.0. The van der Waals surface area contributed by atoms with E-state index in [-0.39, 0.29) is 0 Å². The molecule has 0 radical (unpaired) electrons. The van der Waals surface area contributed by atoms with Gasteiger partial charge in [0.1, 0.15) is 31.5 Å². The minimum absolute atomic E-state index is 0.474. The van der Waals surface area contributed by atoms with Crippen molar-refractivity contribution in [1.29, 1.82) is 0 Å². The summed E-state index contributed by atoms with van der Waals surface area (Å²) in [5.74, 6) is -5.76. The molecule has 0 N–H and O–H groups in total. The van der Waals surface area contributed by atoms with Crippen LogP contribution in [0.25, 0.3) is 0 Å². The van der Waals surface area contributed by atoms with Gasteiger partial charge in [0.2, 0.25) is 0 Å². The van der Waals surface area contributed by atoms with Gasteiger partial charge in [-0.1, -0.05) is 0 Å². The van der Waals surface area contributed by atoms with Crippen molar-refractivity contribution in [3.05, 3.63) is 0 Å². The fourth-order valence-corrected chi connectivity index (χ4v) is 4.66. The van der Waals surface area contributed by atoms with E-state index in [2.05, 4.69) is 0 Å². The van der Waals surface area contributed by atoms with Gasteiger partial charge in [-0.3, -0.25) is 33.6 Å². The molecule has 0 saturated carbocycles. The Labute approximate surface area is 258 Å². The predicted molar refractivity (Wildman–Crippen MR) is 140 cm³/mol. The minimum atomic E-state index is -1.77. The van der Waals surface area contributed by atoms with Gasteiger partial charge in [-0.2, -0.15) is 0 Å². The third kappa shape index (κ3) is 11.2. The van der Waals surface area contributed by atoms with E-state index in [1.54, 1.807) is 0 Å². The van der Waals surface area contributed by atoms with Gasteiger partial charge in [-0.25, -0.2) is 0 Å². The monoisotopic (exact) mass is 650 g/mol. The number of carbonyl (C=O) groups excluding carboxylic acids is 7. The number of methoxy groups -OCH3 is 1. The highest BCUT2D eigenvalue weighted by molar-refractivity contribution is 5.69. The van der Waals surface area contributed by atoms with Crippen molar-refractivity contribution in [3.63, 3.8) is 0 Å². The molecule has 2 heterocycles. The van der Waals surface area contributed by atoms with Crippen molar-refractivity contribution in [2.75, 3.05) is 20.3 Å². The molecular formula is C27H38O18. The summed E-state index contributed by atoms with van der Waals surface area (Å²) in [4.78, 5) is 84.1. The van der Waals surface area contributed by atoms with Crippen LogP contribution in [0.5, 0.6) is 0 Å². The maximum absolute atomic E-state index is 12.2. The Kier molecular flexibility index (Phi) is 14.1. The first-order valence-electron chi connectivity index (χ1n) is 13.7. The zero-order chi connectivity index (χ0) is 34.0. The zero-order valence-electron chi connectivity index (χ0n) is 26.0. The Balaban J connectivity index is 2.70. The summed E-state index contributed by atoms with van der Waals surface area (Å²) < 4.78 is 60.6. The van der Waals surface area contributed by atoms with E-state index in [0.29, 0.717) is 0 Å². The Hall–Kier alpha value is -3.87. The summed E-state index contributed by atoms with van der Waals surface area (Å²) in [5.41, 5.74) is 0. The van der Waals surface area contributed by atoms with Crippen molar-refractivity contribution < 1.29 is 85.7 Å². The molecule has 45 heavy (non-hydrogen) atoms. The van der Waals surface area contributed by atoms with Crippen molar-refractivity contribution in [2.24, 2.45) is 0 Å². The summed E-state index contributed by atoms with van der Waals surface area (Å²) in [6.07, 6.45) is -15.1. The molecule has 0 aromatic carbocycles. The van der Waals surface area contributed by atoms with E-state index in [9.17, 15) is 33.6 Å². The van der Waals surface area contributed by atoms with E-state index < -0.39 is 116 Å². The maximum Gasteiger partial charge on any atom is 0.303 e. The number of ether oxygens (including phenoxy) is 11. The highest BCUT2D eigenvalue weighted by Gasteiger charge is 2.57. The van der Waals surface area contributed by atoms with Gasteiger partial charge in [-0.15, -0.1) is 0 Å².